The Bertz CT molecular complexity index is 336. The molecule has 0 aliphatic heterocycles. The van der Waals surface area contributed by atoms with Gasteiger partial charge in [-0.2, -0.15) is 0 Å². The fourth-order valence-corrected chi connectivity index (χ4v) is 2.80. The molecule has 0 amide bonds. The van der Waals surface area contributed by atoms with E-state index in [2.05, 4.69) is 75.4 Å². The molecule has 0 spiro atoms. The molecule has 2 heteroatoms. The van der Waals surface area contributed by atoms with E-state index < -0.39 is 0 Å². The lowest BCUT2D eigenvalue weighted by molar-refractivity contribution is 0.167. The van der Waals surface area contributed by atoms with Gasteiger partial charge in [-0.15, -0.1) is 0 Å². The first-order valence-corrected chi connectivity index (χ1v) is 7.56. The minimum atomic E-state index is 0.403. The summed E-state index contributed by atoms with van der Waals surface area (Å²) in [6.07, 6.45) is 2.41. The Morgan fingerprint density at radius 2 is 1.74 bits per heavy atom. The van der Waals surface area contributed by atoms with E-state index in [0.717, 1.165) is 12.3 Å². The third-order valence-corrected chi connectivity index (χ3v) is 4.14. The van der Waals surface area contributed by atoms with Crippen LogP contribution >= 0.6 is 0 Å². The van der Waals surface area contributed by atoms with Crippen molar-refractivity contribution in [3.63, 3.8) is 0 Å². The fraction of sp³-hybridized carbons (Fsp3) is 0.647. The third-order valence-electron chi connectivity index (χ3n) is 4.14. The normalized spacial score (nSPS) is 16.3. The van der Waals surface area contributed by atoms with E-state index in [9.17, 15) is 0 Å². The molecule has 2 nitrogen and oxygen atoms in total. The average molecular weight is 262 g/mol. The van der Waals surface area contributed by atoms with Crippen LogP contribution in [0.25, 0.3) is 0 Å². The van der Waals surface area contributed by atoms with Crippen LogP contribution in [0, 0.1) is 5.92 Å². The number of hydrogen-bond acceptors (Lipinski definition) is 2. The Kier molecular flexibility index (Phi) is 7.11. The predicted octanol–water partition coefficient (Wildman–Crippen LogP) is 3.70. The summed E-state index contributed by atoms with van der Waals surface area (Å²) in [7, 11) is 4.32. The van der Waals surface area contributed by atoms with Crippen molar-refractivity contribution < 1.29 is 0 Å². The highest BCUT2D eigenvalue weighted by Crippen LogP contribution is 2.23. The molecular weight excluding hydrogens is 232 g/mol. The van der Waals surface area contributed by atoms with Crippen molar-refractivity contribution in [1.29, 1.82) is 0 Å². The van der Waals surface area contributed by atoms with Crippen LogP contribution < -0.4 is 5.32 Å². The Morgan fingerprint density at radius 3 is 2.21 bits per heavy atom. The summed E-state index contributed by atoms with van der Waals surface area (Å²) in [6.45, 7) is 8.05. The average Bonchev–Trinajstić information content (AvgIpc) is 2.45. The quantitative estimate of drug-likeness (QED) is 0.768. The van der Waals surface area contributed by atoms with E-state index in [0.29, 0.717) is 12.1 Å². The van der Waals surface area contributed by atoms with Crippen molar-refractivity contribution in [1.82, 2.24) is 10.2 Å². The molecule has 0 radical (unpaired) electrons. The van der Waals surface area contributed by atoms with Crippen LogP contribution in [0.3, 0.4) is 0 Å². The lowest BCUT2D eigenvalue weighted by Gasteiger charge is -2.35. The third kappa shape index (κ3) is 4.63. The van der Waals surface area contributed by atoms with Crippen LogP contribution in [0.4, 0.5) is 0 Å². The Morgan fingerprint density at radius 1 is 1.11 bits per heavy atom. The molecule has 1 aromatic rings. The molecule has 0 saturated carbocycles. The molecule has 19 heavy (non-hydrogen) atoms. The van der Waals surface area contributed by atoms with Gasteiger partial charge in [0, 0.05) is 18.6 Å². The minimum Gasteiger partial charge on any atom is -0.312 e. The number of nitrogens with one attached hydrogen (secondary N) is 1. The van der Waals surface area contributed by atoms with E-state index in [1.807, 2.05) is 0 Å². The molecule has 108 valence electrons. The Labute approximate surface area is 119 Å². The first kappa shape index (κ1) is 16.2. The minimum absolute atomic E-state index is 0.403. The zero-order valence-corrected chi connectivity index (χ0v) is 13.2. The number of rotatable bonds is 8. The zero-order chi connectivity index (χ0) is 14.3. The van der Waals surface area contributed by atoms with E-state index in [1.165, 1.54) is 18.5 Å². The summed E-state index contributed by atoms with van der Waals surface area (Å²) in [5.41, 5.74) is 1.38. The number of likely N-dealkylation sites (N-methyl/N-ethyl adjacent to an activating group) is 2. The predicted molar refractivity (Wildman–Crippen MR) is 84.4 cm³/mol. The maximum absolute atomic E-state index is 3.50. The first-order valence-electron chi connectivity index (χ1n) is 7.56. The van der Waals surface area contributed by atoms with E-state index in [-0.39, 0.29) is 0 Å². The van der Waals surface area contributed by atoms with E-state index in [1.54, 1.807) is 0 Å². The van der Waals surface area contributed by atoms with Crippen molar-refractivity contribution in [3.8, 4) is 0 Å². The van der Waals surface area contributed by atoms with E-state index >= 15 is 0 Å². The zero-order valence-electron chi connectivity index (χ0n) is 13.2. The molecule has 0 bridgehead atoms. The van der Waals surface area contributed by atoms with Crippen LogP contribution in [0.1, 0.15) is 45.2 Å². The van der Waals surface area contributed by atoms with E-state index in [4.69, 9.17) is 0 Å². The second kappa shape index (κ2) is 8.34. The van der Waals surface area contributed by atoms with Crippen molar-refractivity contribution >= 4 is 0 Å². The van der Waals surface area contributed by atoms with Gasteiger partial charge in [-0.3, -0.25) is 0 Å². The summed E-state index contributed by atoms with van der Waals surface area (Å²) in [4.78, 5) is 2.52. The van der Waals surface area contributed by atoms with Crippen LogP contribution in [-0.4, -0.2) is 31.6 Å². The molecule has 0 aliphatic rings. The molecule has 3 atom stereocenters. The second-order valence-electron chi connectivity index (χ2n) is 5.61. The highest BCUT2D eigenvalue weighted by Gasteiger charge is 2.24. The highest BCUT2D eigenvalue weighted by atomic mass is 15.2. The lowest BCUT2D eigenvalue weighted by atomic mass is 9.95. The number of hydrogen-bond donors (Lipinski definition) is 1. The number of nitrogens with zero attached hydrogens (tertiary/aromatic N) is 1. The first-order chi connectivity index (χ1) is 9.13. The SMILES string of the molecule is CCC(C)CN(C)C(CC)C(NC)c1ccccc1. The van der Waals surface area contributed by atoms with Crippen LogP contribution in [0.5, 0.6) is 0 Å². The van der Waals surface area contributed by atoms with Crippen molar-refractivity contribution in [2.45, 2.75) is 45.7 Å². The van der Waals surface area contributed by atoms with Gasteiger partial charge in [0.05, 0.1) is 0 Å². The molecule has 3 unspecified atom stereocenters. The maximum atomic E-state index is 3.50. The highest BCUT2D eigenvalue weighted by molar-refractivity contribution is 5.20. The topological polar surface area (TPSA) is 15.3 Å². The van der Waals surface area contributed by atoms with Gasteiger partial charge in [-0.25, -0.2) is 0 Å². The van der Waals surface area contributed by atoms with Gasteiger partial charge in [-0.1, -0.05) is 57.5 Å². The standard InChI is InChI=1S/C17H30N2/c1-6-14(3)13-19(5)16(7-2)17(18-4)15-11-9-8-10-12-15/h8-12,14,16-18H,6-7,13H2,1-5H3. The summed E-state index contributed by atoms with van der Waals surface area (Å²) in [5, 5.41) is 3.50. The van der Waals surface area contributed by atoms with Gasteiger partial charge in [-0.05, 0) is 32.0 Å². The van der Waals surface area contributed by atoms with Gasteiger partial charge in [0.1, 0.15) is 0 Å². The summed E-state index contributed by atoms with van der Waals surface area (Å²) in [5.74, 6) is 0.757. The monoisotopic (exact) mass is 262 g/mol. The van der Waals surface area contributed by atoms with Crippen molar-refractivity contribution in [3.05, 3.63) is 35.9 Å². The van der Waals surface area contributed by atoms with Gasteiger partial charge in [0.25, 0.3) is 0 Å². The van der Waals surface area contributed by atoms with Gasteiger partial charge in [0.15, 0.2) is 0 Å². The second-order valence-corrected chi connectivity index (χ2v) is 5.61. The Hall–Kier alpha value is -0.860. The van der Waals surface area contributed by atoms with Crippen LogP contribution in [-0.2, 0) is 0 Å². The molecule has 1 rings (SSSR count). The van der Waals surface area contributed by atoms with Gasteiger partial charge >= 0.3 is 0 Å². The summed E-state index contributed by atoms with van der Waals surface area (Å²) < 4.78 is 0. The van der Waals surface area contributed by atoms with Crippen LogP contribution in [0.15, 0.2) is 30.3 Å². The molecule has 0 aliphatic carbocycles. The molecule has 0 fully saturated rings. The lowest BCUT2D eigenvalue weighted by Crippen LogP contribution is -2.43. The fourth-order valence-electron chi connectivity index (χ4n) is 2.80. The molecule has 0 aromatic heterocycles. The molecule has 0 heterocycles. The Balaban J connectivity index is 2.81. The molecule has 1 N–H and O–H groups in total. The van der Waals surface area contributed by atoms with Gasteiger partial charge < -0.3 is 10.2 Å². The molecule has 0 saturated heterocycles. The number of benzene rings is 1. The van der Waals surface area contributed by atoms with Crippen LogP contribution in [0.2, 0.25) is 0 Å². The largest absolute Gasteiger partial charge is 0.312 e. The van der Waals surface area contributed by atoms with Gasteiger partial charge in [0.2, 0.25) is 0 Å². The summed E-state index contributed by atoms with van der Waals surface area (Å²) in [6, 6.07) is 11.7. The summed E-state index contributed by atoms with van der Waals surface area (Å²) >= 11 is 0. The van der Waals surface area contributed by atoms with Crippen molar-refractivity contribution in [2.75, 3.05) is 20.6 Å². The molecule has 1 aromatic carbocycles. The molecular formula is C17H30N2. The maximum Gasteiger partial charge on any atom is 0.0475 e. The van der Waals surface area contributed by atoms with Crippen molar-refractivity contribution in [2.24, 2.45) is 5.92 Å². The smallest absolute Gasteiger partial charge is 0.0475 e.